The molecule has 5 heteroatoms. The topological polar surface area (TPSA) is 55.8 Å². The van der Waals surface area contributed by atoms with Gasteiger partial charge in [0.15, 0.2) is 12.4 Å². The van der Waals surface area contributed by atoms with Crippen molar-refractivity contribution in [3.05, 3.63) is 53.1 Å². The number of amides is 1. The van der Waals surface area contributed by atoms with Crippen LogP contribution in [-0.2, 0) is 4.79 Å². The maximum absolute atomic E-state index is 12.7. The van der Waals surface area contributed by atoms with Gasteiger partial charge >= 0.3 is 0 Å². The summed E-state index contributed by atoms with van der Waals surface area (Å²) in [6.45, 7) is 6.22. The van der Waals surface area contributed by atoms with E-state index in [0.29, 0.717) is 35.9 Å². The molecule has 0 aliphatic carbocycles. The molecule has 0 bridgehead atoms. The van der Waals surface area contributed by atoms with E-state index in [1.165, 1.54) is 6.92 Å². The summed E-state index contributed by atoms with van der Waals surface area (Å²) in [5.41, 5.74) is 3.24. The number of benzene rings is 2. The van der Waals surface area contributed by atoms with E-state index in [9.17, 15) is 9.59 Å². The van der Waals surface area contributed by atoms with Crippen molar-refractivity contribution in [1.29, 1.82) is 0 Å². The Morgan fingerprint density at radius 3 is 2.72 bits per heavy atom. The van der Waals surface area contributed by atoms with Gasteiger partial charge in [0.2, 0.25) is 0 Å². The third kappa shape index (κ3) is 3.65. The van der Waals surface area contributed by atoms with Crippen LogP contribution in [0.5, 0.6) is 11.5 Å². The number of hydrogen-bond donors (Lipinski definition) is 0. The number of aryl methyl sites for hydroxylation is 2. The molecule has 3 rings (SSSR count). The van der Waals surface area contributed by atoms with Crippen LogP contribution in [0.3, 0.4) is 0 Å². The van der Waals surface area contributed by atoms with Gasteiger partial charge in [-0.15, -0.1) is 0 Å². The molecule has 2 aromatic rings. The lowest BCUT2D eigenvalue weighted by molar-refractivity contribution is -0.120. The predicted octanol–water partition coefficient (Wildman–Crippen LogP) is 3.31. The van der Waals surface area contributed by atoms with Crippen molar-refractivity contribution in [3.8, 4) is 11.5 Å². The quantitative estimate of drug-likeness (QED) is 0.802. The fourth-order valence-electron chi connectivity index (χ4n) is 2.78. The number of carbonyl (C=O) groups is 2. The molecule has 0 aromatic heterocycles. The van der Waals surface area contributed by atoms with Gasteiger partial charge in [0, 0.05) is 5.56 Å². The first-order chi connectivity index (χ1) is 12.0. The zero-order valence-electron chi connectivity index (χ0n) is 14.7. The first-order valence-corrected chi connectivity index (χ1v) is 8.24. The molecule has 0 atom stereocenters. The maximum Gasteiger partial charge on any atom is 0.265 e. The van der Waals surface area contributed by atoms with E-state index in [-0.39, 0.29) is 18.3 Å². The summed E-state index contributed by atoms with van der Waals surface area (Å²) >= 11 is 0. The Labute approximate surface area is 147 Å². The van der Waals surface area contributed by atoms with Gasteiger partial charge in [0.05, 0.1) is 12.2 Å². The minimum atomic E-state index is -0.161. The SMILES string of the molecule is CC(=O)c1ccc2c(c1)N(C(=O)COc1cc(C)ccc1C)CCO2. The number of anilines is 1. The standard InChI is InChI=1S/C20H21NO4/c1-13-4-5-14(2)19(10-13)25-12-20(23)21-8-9-24-18-7-6-16(15(3)22)11-17(18)21/h4-7,10-11H,8-9,12H2,1-3H3. The maximum atomic E-state index is 12.7. The highest BCUT2D eigenvalue weighted by atomic mass is 16.5. The summed E-state index contributed by atoms with van der Waals surface area (Å²) in [6, 6.07) is 11.0. The molecule has 1 heterocycles. The molecule has 0 radical (unpaired) electrons. The molecule has 25 heavy (non-hydrogen) atoms. The number of carbonyl (C=O) groups excluding carboxylic acids is 2. The third-order valence-electron chi connectivity index (χ3n) is 4.22. The van der Waals surface area contributed by atoms with Crippen molar-refractivity contribution >= 4 is 17.4 Å². The monoisotopic (exact) mass is 339 g/mol. The molecule has 2 aromatic carbocycles. The van der Waals surface area contributed by atoms with Crippen LogP contribution in [0, 0.1) is 13.8 Å². The van der Waals surface area contributed by atoms with Crippen molar-refractivity contribution in [2.45, 2.75) is 20.8 Å². The molecule has 0 unspecified atom stereocenters. The van der Waals surface area contributed by atoms with E-state index in [4.69, 9.17) is 9.47 Å². The number of Topliss-reactive ketones (excluding diaryl/α,β-unsaturated/α-hetero) is 1. The second-order valence-electron chi connectivity index (χ2n) is 6.19. The molecule has 0 saturated heterocycles. The second kappa shape index (κ2) is 6.97. The van der Waals surface area contributed by atoms with E-state index < -0.39 is 0 Å². The van der Waals surface area contributed by atoms with Crippen LogP contribution >= 0.6 is 0 Å². The predicted molar refractivity (Wildman–Crippen MR) is 95.7 cm³/mol. The normalized spacial score (nSPS) is 13.0. The average Bonchev–Trinajstić information content (AvgIpc) is 2.61. The third-order valence-corrected chi connectivity index (χ3v) is 4.22. The van der Waals surface area contributed by atoms with E-state index >= 15 is 0 Å². The van der Waals surface area contributed by atoms with Crippen molar-refractivity contribution < 1.29 is 19.1 Å². The van der Waals surface area contributed by atoms with Gasteiger partial charge in [0.25, 0.3) is 5.91 Å². The van der Waals surface area contributed by atoms with Gasteiger partial charge in [-0.1, -0.05) is 12.1 Å². The summed E-state index contributed by atoms with van der Waals surface area (Å²) in [5, 5.41) is 0. The summed E-state index contributed by atoms with van der Waals surface area (Å²) < 4.78 is 11.3. The molecule has 0 spiro atoms. The van der Waals surface area contributed by atoms with Gasteiger partial charge in [0.1, 0.15) is 18.1 Å². The number of nitrogens with zero attached hydrogens (tertiary/aromatic N) is 1. The van der Waals surface area contributed by atoms with Crippen LogP contribution < -0.4 is 14.4 Å². The summed E-state index contributed by atoms with van der Waals surface area (Å²) in [4.78, 5) is 25.9. The molecule has 0 N–H and O–H groups in total. The van der Waals surface area contributed by atoms with Crippen LogP contribution in [-0.4, -0.2) is 31.4 Å². The van der Waals surface area contributed by atoms with Crippen molar-refractivity contribution in [1.82, 2.24) is 0 Å². The Morgan fingerprint density at radius 2 is 1.96 bits per heavy atom. The van der Waals surface area contributed by atoms with Crippen molar-refractivity contribution in [3.63, 3.8) is 0 Å². The molecule has 1 amide bonds. The van der Waals surface area contributed by atoms with Gasteiger partial charge in [-0.2, -0.15) is 0 Å². The van der Waals surface area contributed by atoms with Gasteiger partial charge in [-0.05, 0) is 56.2 Å². The minimum Gasteiger partial charge on any atom is -0.490 e. The number of fused-ring (bicyclic) bond motifs is 1. The summed E-state index contributed by atoms with van der Waals surface area (Å²) in [6.07, 6.45) is 0. The highest BCUT2D eigenvalue weighted by Gasteiger charge is 2.25. The smallest absolute Gasteiger partial charge is 0.265 e. The van der Waals surface area contributed by atoms with E-state index in [0.717, 1.165) is 11.1 Å². The van der Waals surface area contributed by atoms with E-state index in [2.05, 4.69) is 0 Å². The Kier molecular flexibility index (Phi) is 4.74. The lowest BCUT2D eigenvalue weighted by atomic mass is 10.1. The fourth-order valence-corrected chi connectivity index (χ4v) is 2.78. The number of hydrogen-bond acceptors (Lipinski definition) is 4. The molecule has 0 saturated carbocycles. The fraction of sp³-hybridized carbons (Fsp3) is 0.300. The van der Waals surface area contributed by atoms with Gasteiger partial charge in [-0.3, -0.25) is 9.59 Å². The van der Waals surface area contributed by atoms with Crippen LogP contribution in [0.4, 0.5) is 5.69 Å². The van der Waals surface area contributed by atoms with E-state index in [1.807, 2.05) is 32.0 Å². The number of rotatable bonds is 4. The lowest BCUT2D eigenvalue weighted by Gasteiger charge is -2.30. The largest absolute Gasteiger partial charge is 0.490 e. The molecular formula is C20H21NO4. The Morgan fingerprint density at radius 1 is 1.16 bits per heavy atom. The Balaban J connectivity index is 1.78. The van der Waals surface area contributed by atoms with Crippen LogP contribution in [0.1, 0.15) is 28.4 Å². The van der Waals surface area contributed by atoms with Gasteiger partial charge in [-0.25, -0.2) is 0 Å². The number of ketones is 1. The zero-order valence-corrected chi connectivity index (χ0v) is 14.7. The molecular weight excluding hydrogens is 318 g/mol. The van der Waals surface area contributed by atoms with Crippen LogP contribution in [0.25, 0.3) is 0 Å². The lowest BCUT2D eigenvalue weighted by Crippen LogP contribution is -2.40. The summed E-state index contributed by atoms with van der Waals surface area (Å²) in [5.74, 6) is 1.11. The first-order valence-electron chi connectivity index (χ1n) is 8.24. The van der Waals surface area contributed by atoms with E-state index in [1.54, 1.807) is 23.1 Å². The average molecular weight is 339 g/mol. The van der Waals surface area contributed by atoms with Crippen molar-refractivity contribution in [2.24, 2.45) is 0 Å². The molecule has 5 nitrogen and oxygen atoms in total. The summed E-state index contributed by atoms with van der Waals surface area (Å²) in [7, 11) is 0. The molecule has 0 fully saturated rings. The van der Waals surface area contributed by atoms with Crippen LogP contribution in [0.15, 0.2) is 36.4 Å². The highest BCUT2D eigenvalue weighted by Crippen LogP contribution is 2.33. The molecule has 1 aliphatic heterocycles. The van der Waals surface area contributed by atoms with Crippen molar-refractivity contribution in [2.75, 3.05) is 24.7 Å². The van der Waals surface area contributed by atoms with Crippen LogP contribution in [0.2, 0.25) is 0 Å². The number of ether oxygens (including phenoxy) is 2. The first kappa shape index (κ1) is 17.0. The molecule has 130 valence electrons. The Bertz CT molecular complexity index is 828. The highest BCUT2D eigenvalue weighted by molar-refractivity contribution is 6.00. The second-order valence-corrected chi connectivity index (χ2v) is 6.19. The zero-order chi connectivity index (χ0) is 18.0. The van der Waals surface area contributed by atoms with Gasteiger partial charge < -0.3 is 14.4 Å². The molecule has 1 aliphatic rings. The Hall–Kier alpha value is -2.82. The minimum absolute atomic E-state index is 0.0487.